The molecule has 2 aliphatic rings. The standard InChI is InChI=1S/C34H29FN2O6S/c35-27-18-29(41-20-24-14-8-3-9-15-24)28(40-19-23-12-6-2-7-13-23)17-26(27)31-30(36-33(44)43-31)32(38)37-25(21-42-34(37)39)16-22-10-4-1-5-11-22/h1-15,17-18,25,30-31H,16,19-21H2,(H,36,44)/t25-,30-,31+/m0/s1. The summed E-state index contributed by atoms with van der Waals surface area (Å²) >= 11 is 5.25. The fourth-order valence-corrected chi connectivity index (χ4v) is 5.47. The second-order valence-corrected chi connectivity index (χ2v) is 10.8. The molecule has 0 saturated carbocycles. The van der Waals surface area contributed by atoms with Gasteiger partial charge in [-0.05, 0) is 41.4 Å². The Morgan fingerprint density at radius 2 is 1.41 bits per heavy atom. The van der Waals surface area contributed by atoms with Gasteiger partial charge in [0.15, 0.2) is 23.6 Å². The number of thiocarbonyl (C=S) groups is 1. The Labute approximate surface area is 259 Å². The molecule has 44 heavy (non-hydrogen) atoms. The number of nitrogens with zero attached hydrogens (tertiary/aromatic N) is 1. The molecule has 0 bridgehead atoms. The summed E-state index contributed by atoms with van der Waals surface area (Å²) in [6, 6.07) is 29.4. The molecule has 1 N–H and O–H groups in total. The average molecular weight is 613 g/mol. The highest BCUT2D eigenvalue weighted by Gasteiger charge is 2.48. The van der Waals surface area contributed by atoms with Crippen LogP contribution in [0, 0.1) is 5.82 Å². The summed E-state index contributed by atoms with van der Waals surface area (Å²) < 4.78 is 39.0. The van der Waals surface area contributed by atoms with E-state index >= 15 is 4.39 Å². The Balaban J connectivity index is 1.28. The summed E-state index contributed by atoms with van der Waals surface area (Å²) in [5.41, 5.74) is 2.76. The van der Waals surface area contributed by atoms with Crippen molar-refractivity contribution in [1.82, 2.24) is 10.2 Å². The summed E-state index contributed by atoms with van der Waals surface area (Å²) in [4.78, 5) is 27.7. The molecule has 224 valence electrons. The number of carbonyl (C=O) groups is 2. The van der Waals surface area contributed by atoms with Gasteiger partial charge in [0.1, 0.15) is 25.6 Å². The van der Waals surface area contributed by atoms with Crippen molar-refractivity contribution in [1.29, 1.82) is 0 Å². The lowest BCUT2D eigenvalue weighted by Gasteiger charge is -2.25. The minimum absolute atomic E-state index is 0.0259. The number of amides is 2. The lowest BCUT2D eigenvalue weighted by atomic mass is 9.99. The molecule has 2 aliphatic heterocycles. The third kappa shape index (κ3) is 6.50. The molecule has 2 heterocycles. The van der Waals surface area contributed by atoms with Gasteiger partial charge in [0.2, 0.25) is 0 Å². The zero-order valence-corrected chi connectivity index (χ0v) is 24.4. The Morgan fingerprint density at radius 3 is 2.00 bits per heavy atom. The van der Waals surface area contributed by atoms with Crippen LogP contribution in [0.3, 0.4) is 0 Å². The Kier molecular flexibility index (Phi) is 8.69. The van der Waals surface area contributed by atoms with E-state index in [1.54, 1.807) is 0 Å². The van der Waals surface area contributed by atoms with Crippen LogP contribution in [0.2, 0.25) is 0 Å². The molecule has 0 unspecified atom stereocenters. The molecule has 4 aromatic rings. The molecule has 8 nitrogen and oxygen atoms in total. The quantitative estimate of drug-likeness (QED) is 0.222. The van der Waals surface area contributed by atoms with E-state index in [0.717, 1.165) is 21.6 Å². The van der Waals surface area contributed by atoms with E-state index in [-0.39, 0.29) is 42.1 Å². The lowest BCUT2D eigenvalue weighted by molar-refractivity contribution is -0.132. The summed E-state index contributed by atoms with van der Waals surface area (Å²) in [7, 11) is 0. The number of imide groups is 1. The van der Waals surface area contributed by atoms with E-state index in [9.17, 15) is 9.59 Å². The Hall–Kier alpha value is -4.96. The SMILES string of the molecule is O=C1OC[C@H](Cc2ccccc2)N1C(=O)[C@H]1NC(=S)O[C@@H]1c1cc(OCc2ccccc2)c(OCc2ccccc2)cc1F. The molecule has 0 aromatic heterocycles. The van der Waals surface area contributed by atoms with Crippen molar-refractivity contribution in [3.05, 3.63) is 131 Å². The van der Waals surface area contributed by atoms with E-state index in [1.165, 1.54) is 12.1 Å². The fraction of sp³-hybridized carbons (Fsp3) is 0.206. The van der Waals surface area contributed by atoms with Gasteiger partial charge < -0.3 is 24.3 Å². The minimum Gasteiger partial charge on any atom is -0.485 e. The van der Waals surface area contributed by atoms with Gasteiger partial charge in [-0.15, -0.1) is 0 Å². The summed E-state index contributed by atoms with van der Waals surface area (Å²) in [5.74, 6) is -0.863. The molecule has 10 heteroatoms. The summed E-state index contributed by atoms with van der Waals surface area (Å²) in [5, 5.41) is 2.73. The number of benzene rings is 4. The van der Waals surface area contributed by atoms with Gasteiger partial charge in [-0.3, -0.25) is 4.79 Å². The van der Waals surface area contributed by atoms with Crippen LogP contribution >= 0.6 is 12.2 Å². The van der Waals surface area contributed by atoms with Gasteiger partial charge >= 0.3 is 6.09 Å². The van der Waals surface area contributed by atoms with Crippen molar-refractivity contribution in [3.8, 4) is 11.5 Å². The molecule has 0 radical (unpaired) electrons. The molecule has 4 aromatic carbocycles. The molecule has 2 amide bonds. The van der Waals surface area contributed by atoms with Gasteiger partial charge in [0.05, 0.1) is 6.04 Å². The van der Waals surface area contributed by atoms with Crippen LogP contribution in [0.5, 0.6) is 11.5 Å². The van der Waals surface area contributed by atoms with Gasteiger partial charge in [0.25, 0.3) is 11.1 Å². The van der Waals surface area contributed by atoms with Gasteiger partial charge in [-0.25, -0.2) is 14.1 Å². The lowest BCUT2D eigenvalue weighted by Crippen LogP contribution is -2.50. The van der Waals surface area contributed by atoms with E-state index in [0.29, 0.717) is 6.42 Å². The molecular weight excluding hydrogens is 583 g/mol. The highest BCUT2D eigenvalue weighted by atomic mass is 32.1. The molecule has 2 fully saturated rings. The molecule has 6 rings (SSSR count). The van der Waals surface area contributed by atoms with Crippen LogP contribution in [-0.4, -0.2) is 40.8 Å². The molecular formula is C34H29FN2O6S. The van der Waals surface area contributed by atoms with E-state index < -0.39 is 36.0 Å². The first-order valence-corrected chi connectivity index (χ1v) is 14.5. The predicted octanol–water partition coefficient (Wildman–Crippen LogP) is 5.89. The van der Waals surface area contributed by atoms with Crippen LogP contribution in [0.15, 0.2) is 103 Å². The third-order valence-electron chi connectivity index (χ3n) is 7.43. The number of hydrogen-bond acceptors (Lipinski definition) is 7. The molecule has 0 aliphatic carbocycles. The Morgan fingerprint density at radius 1 is 0.864 bits per heavy atom. The van der Waals surface area contributed by atoms with Crippen molar-refractivity contribution in [2.45, 2.75) is 37.8 Å². The predicted molar refractivity (Wildman–Crippen MR) is 163 cm³/mol. The smallest absolute Gasteiger partial charge is 0.417 e. The van der Waals surface area contributed by atoms with Crippen LogP contribution in [0.4, 0.5) is 9.18 Å². The van der Waals surface area contributed by atoms with Crippen LogP contribution in [-0.2, 0) is 33.9 Å². The van der Waals surface area contributed by atoms with Crippen LogP contribution < -0.4 is 14.8 Å². The summed E-state index contributed by atoms with van der Waals surface area (Å²) in [6.07, 6.45) is -1.55. The van der Waals surface area contributed by atoms with Crippen molar-refractivity contribution >= 4 is 29.4 Å². The van der Waals surface area contributed by atoms with Crippen molar-refractivity contribution in [2.24, 2.45) is 0 Å². The van der Waals surface area contributed by atoms with Gasteiger partial charge in [-0.1, -0.05) is 91.0 Å². The van der Waals surface area contributed by atoms with E-state index in [2.05, 4.69) is 5.32 Å². The monoisotopic (exact) mass is 612 g/mol. The zero-order valence-electron chi connectivity index (χ0n) is 23.6. The number of halogens is 1. The topological polar surface area (TPSA) is 86.3 Å². The van der Waals surface area contributed by atoms with Crippen LogP contribution in [0.1, 0.15) is 28.4 Å². The Bertz CT molecular complexity index is 1640. The normalized spacial score (nSPS) is 19.2. The van der Waals surface area contributed by atoms with Crippen molar-refractivity contribution < 1.29 is 32.9 Å². The zero-order chi connectivity index (χ0) is 30.5. The number of ether oxygens (including phenoxy) is 4. The maximum absolute atomic E-state index is 15.8. The number of rotatable bonds is 10. The second-order valence-electron chi connectivity index (χ2n) is 10.4. The third-order valence-corrected chi connectivity index (χ3v) is 7.65. The van der Waals surface area contributed by atoms with Crippen molar-refractivity contribution in [2.75, 3.05) is 6.61 Å². The van der Waals surface area contributed by atoms with E-state index in [4.69, 9.17) is 31.2 Å². The number of hydrogen-bond donors (Lipinski definition) is 1. The molecule has 0 spiro atoms. The number of carbonyl (C=O) groups excluding carboxylic acids is 2. The maximum atomic E-state index is 15.8. The highest BCUT2D eigenvalue weighted by Crippen LogP contribution is 2.38. The maximum Gasteiger partial charge on any atom is 0.417 e. The van der Waals surface area contributed by atoms with E-state index in [1.807, 2.05) is 91.0 Å². The number of nitrogens with one attached hydrogen (secondary N) is 1. The minimum atomic E-state index is -1.18. The summed E-state index contributed by atoms with van der Waals surface area (Å²) in [6.45, 7) is 0.425. The molecule has 3 atom stereocenters. The van der Waals surface area contributed by atoms with Crippen molar-refractivity contribution in [3.63, 3.8) is 0 Å². The first-order chi connectivity index (χ1) is 21.5. The second kappa shape index (κ2) is 13.1. The first kappa shape index (κ1) is 29.1. The largest absolute Gasteiger partial charge is 0.485 e. The first-order valence-electron chi connectivity index (χ1n) is 14.1. The highest BCUT2D eigenvalue weighted by molar-refractivity contribution is 7.80. The van der Waals surface area contributed by atoms with Crippen LogP contribution in [0.25, 0.3) is 0 Å². The number of cyclic esters (lactones) is 1. The van der Waals surface area contributed by atoms with Gasteiger partial charge in [0, 0.05) is 11.6 Å². The average Bonchev–Trinajstić information content (AvgIpc) is 3.62. The fourth-order valence-electron chi connectivity index (χ4n) is 5.24. The van der Waals surface area contributed by atoms with Gasteiger partial charge in [-0.2, -0.15) is 0 Å². The molecule has 2 saturated heterocycles.